The predicted octanol–water partition coefficient (Wildman–Crippen LogP) is 1.46. The second kappa shape index (κ2) is 4.74. The van der Waals surface area contributed by atoms with Crippen molar-refractivity contribution in [2.24, 2.45) is 5.92 Å². The van der Waals surface area contributed by atoms with Gasteiger partial charge >= 0.3 is 0 Å². The molecule has 5 nitrogen and oxygen atoms in total. The highest BCUT2D eigenvalue weighted by Gasteiger charge is 2.30. The van der Waals surface area contributed by atoms with E-state index in [9.17, 15) is 0 Å². The summed E-state index contributed by atoms with van der Waals surface area (Å²) in [6.07, 6.45) is 4.51. The molecule has 1 aromatic heterocycles. The molecule has 1 aromatic rings. The van der Waals surface area contributed by atoms with E-state index >= 15 is 0 Å². The normalized spacial score (nSPS) is 28.8. The van der Waals surface area contributed by atoms with Gasteiger partial charge in [0.05, 0.1) is 0 Å². The van der Waals surface area contributed by atoms with Crippen LogP contribution in [0.5, 0.6) is 0 Å². The molecule has 1 saturated carbocycles. The number of hydrogen-bond acceptors (Lipinski definition) is 5. The first-order valence-corrected chi connectivity index (χ1v) is 6.50. The molecule has 94 valence electrons. The van der Waals surface area contributed by atoms with Gasteiger partial charge in [0.25, 0.3) is 0 Å². The minimum atomic E-state index is 0.00708. The Hall–Kier alpha value is -0.940. The van der Waals surface area contributed by atoms with E-state index in [2.05, 4.69) is 22.4 Å². The highest BCUT2D eigenvalue weighted by molar-refractivity contribution is 4.92. The molecule has 3 rings (SSSR count). The summed E-state index contributed by atoms with van der Waals surface area (Å²) in [7, 11) is 0. The first kappa shape index (κ1) is 11.2. The van der Waals surface area contributed by atoms with Gasteiger partial charge in [0.2, 0.25) is 11.8 Å². The molecule has 17 heavy (non-hydrogen) atoms. The van der Waals surface area contributed by atoms with Gasteiger partial charge in [-0.3, -0.25) is 0 Å². The topological polar surface area (TPSA) is 60.2 Å². The fourth-order valence-corrected chi connectivity index (χ4v) is 2.16. The highest BCUT2D eigenvalue weighted by Crippen LogP contribution is 2.33. The van der Waals surface area contributed by atoms with Crippen molar-refractivity contribution in [2.75, 3.05) is 13.2 Å². The van der Waals surface area contributed by atoms with Gasteiger partial charge in [-0.1, -0.05) is 6.92 Å². The molecule has 5 heteroatoms. The van der Waals surface area contributed by atoms with Crippen LogP contribution < -0.4 is 5.32 Å². The fraction of sp³-hybridized carbons (Fsp3) is 0.833. The number of aromatic nitrogens is 2. The standard InChI is InChI=1S/C12H19N3O2/c1-8-5-7-16-11(8)12-15-14-10(17-12)4-6-13-9-2-3-9/h8-9,11,13H,2-7H2,1H3. The van der Waals surface area contributed by atoms with Gasteiger partial charge in [0, 0.05) is 25.6 Å². The highest BCUT2D eigenvalue weighted by atomic mass is 16.5. The molecular formula is C12H19N3O2. The molecule has 0 amide bonds. The summed E-state index contributed by atoms with van der Waals surface area (Å²) in [5.41, 5.74) is 0. The molecule has 2 fully saturated rings. The van der Waals surface area contributed by atoms with Crippen molar-refractivity contribution in [3.8, 4) is 0 Å². The minimum absolute atomic E-state index is 0.00708. The number of nitrogens with one attached hydrogen (secondary N) is 1. The Morgan fingerprint density at radius 3 is 2.88 bits per heavy atom. The molecule has 2 aliphatic rings. The van der Waals surface area contributed by atoms with Crippen LogP contribution in [0, 0.1) is 5.92 Å². The van der Waals surface area contributed by atoms with E-state index in [1.54, 1.807) is 0 Å². The maximum absolute atomic E-state index is 5.65. The van der Waals surface area contributed by atoms with Crippen molar-refractivity contribution in [1.82, 2.24) is 15.5 Å². The molecule has 1 aliphatic heterocycles. The third-order valence-electron chi connectivity index (χ3n) is 3.46. The molecule has 2 atom stereocenters. The van der Waals surface area contributed by atoms with Crippen LogP contribution in [0.2, 0.25) is 0 Å². The summed E-state index contributed by atoms with van der Waals surface area (Å²) in [4.78, 5) is 0. The SMILES string of the molecule is CC1CCOC1c1nnc(CCNC2CC2)o1. The summed E-state index contributed by atoms with van der Waals surface area (Å²) in [6.45, 7) is 3.89. The lowest BCUT2D eigenvalue weighted by Gasteiger charge is -2.08. The summed E-state index contributed by atoms with van der Waals surface area (Å²) < 4.78 is 11.3. The largest absolute Gasteiger partial charge is 0.422 e. The lowest BCUT2D eigenvalue weighted by Crippen LogP contribution is -2.19. The molecule has 1 aliphatic carbocycles. The average Bonchev–Trinajstić information content (AvgIpc) is 2.85. The maximum atomic E-state index is 5.65. The van der Waals surface area contributed by atoms with Gasteiger partial charge in [-0.05, 0) is 25.2 Å². The predicted molar refractivity (Wildman–Crippen MR) is 61.5 cm³/mol. The van der Waals surface area contributed by atoms with Crippen LogP contribution in [0.4, 0.5) is 0 Å². The third-order valence-corrected chi connectivity index (χ3v) is 3.46. The Labute approximate surface area is 101 Å². The van der Waals surface area contributed by atoms with E-state index in [-0.39, 0.29) is 6.10 Å². The van der Waals surface area contributed by atoms with Crippen LogP contribution in [0.15, 0.2) is 4.42 Å². The minimum Gasteiger partial charge on any atom is -0.422 e. The van der Waals surface area contributed by atoms with Gasteiger partial charge in [-0.15, -0.1) is 10.2 Å². The summed E-state index contributed by atoms with van der Waals surface area (Å²) >= 11 is 0. The van der Waals surface area contributed by atoms with Crippen LogP contribution in [-0.2, 0) is 11.2 Å². The summed E-state index contributed by atoms with van der Waals surface area (Å²) in [6, 6.07) is 0.732. The van der Waals surface area contributed by atoms with Crippen molar-refractivity contribution in [1.29, 1.82) is 0 Å². The third kappa shape index (κ3) is 2.66. The van der Waals surface area contributed by atoms with Crippen molar-refractivity contribution >= 4 is 0 Å². The number of hydrogen-bond donors (Lipinski definition) is 1. The Balaban J connectivity index is 1.53. The molecule has 2 heterocycles. The zero-order valence-corrected chi connectivity index (χ0v) is 10.2. The van der Waals surface area contributed by atoms with Gasteiger partial charge in [0.1, 0.15) is 6.10 Å². The zero-order chi connectivity index (χ0) is 11.7. The maximum Gasteiger partial charge on any atom is 0.245 e. The van der Waals surface area contributed by atoms with E-state index < -0.39 is 0 Å². The number of rotatable bonds is 5. The van der Waals surface area contributed by atoms with Crippen LogP contribution in [-0.4, -0.2) is 29.4 Å². The van der Waals surface area contributed by atoms with Crippen molar-refractivity contribution < 1.29 is 9.15 Å². The molecule has 0 bridgehead atoms. The Bertz CT molecular complexity index is 376. The first-order valence-electron chi connectivity index (χ1n) is 6.50. The van der Waals surface area contributed by atoms with Crippen molar-refractivity contribution in [3.63, 3.8) is 0 Å². The zero-order valence-electron chi connectivity index (χ0n) is 10.2. The Kier molecular flexibility index (Phi) is 3.11. The molecule has 1 saturated heterocycles. The molecule has 2 unspecified atom stereocenters. The van der Waals surface area contributed by atoms with Crippen molar-refractivity contribution in [3.05, 3.63) is 11.8 Å². The average molecular weight is 237 g/mol. The molecule has 1 N–H and O–H groups in total. The Morgan fingerprint density at radius 2 is 2.18 bits per heavy atom. The van der Waals surface area contributed by atoms with Crippen LogP contribution in [0.3, 0.4) is 0 Å². The van der Waals surface area contributed by atoms with Crippen LogP contribution >= 0.6 is 0 Å². The van der Waals surface area contributed by atoms with Gasteiger partial charge in [-0.25, -0.2) is 0 Å². The Morgan fingerprint density at radius 1 is 1.29 bits per heavy atom. The summed E-state index contributed by atoms with van der Waals surface area (Å²) in [5.74, 6) is 1.85. The van der Waals surface area contributed by atoms with Crippen LogP contribution in [0.1, 0.15) is 44.1 Å². The fourth-order valence-electron chi connectivity index (χ4n) is 2.16. The van der Waals surface area contributed by atoms with Crippen molar-refractivity contribution in [2.45, 2.75) is 44.8 Å². The smallest absolute Gasteiger partial charge is 0.245 e. The molecule has 0 aromatic carbocycles. The van der Waals surface area contributed by atoms with Crippen LogP contribution in [0.25, 0.3) is 0 Å². The van der Waals surface area contributed by atoms with E-state index in [0.717, 1.165) is 37.9 Å². The second-order valence-electron chi connectivity index (χ2n) is 5.07. The van der Waals surface area contributed by atoms with Gasteiger partial charge in [0.15, 0.2) is 0 Å². The lowest BCUT2D eigenvalue weighted by atomic mass is 10.0. The second-order valence-corrected chi connectivity index (χ2v) is 5.07. The lowest BCUT2D eigenvalue weighted by molar-refractivity contribution is 0.0704. The van der Waals surface area contributed by atoms with E-state index in [0.29, 0.717) is 11.8 Å². The molecular weight excluding hydrogens is 218 g/mol. The van der Waals surface area contributed by atoms with E-state index in [4.69, 9.17) is 9.15 Å². The quantitative estimate of drug-likeness (QED) is 0.840. The monoisotopic (exact) mass is 237 g/mol. The van der Waals surface area contributed by atoms with Gasteiger partial charge in [-0.2, -0.15) is 0 Å². The van der Waals surface area contributed by atoms with E-state index in [1.807, 2.05) is 0 Å². The number of ether oxygens (including phenoxy) is 1. The van der Waals surface area contributed by atoms with Gasteiger partial charge < -0.3 is 14.5 Å². The van der Waals surface area contributed by atoms with E-state index in [1.165, 1.54) is 12.8 Å². The molecule has 0 spiro atoms. The summed E-state index contributed by atoms with van der Waals surface area (Å²) in [5, 5.41) is 11.6. The first-order chi connectivity index (χ1) is 8.33. The molecule has 0 radical (unpaired) electrons. The number of nitrogens with zero attached hydrogens (tertiary/aromatic N) is 2.